The first-order valence-electron chi connectivity index (χ1n) is 10.3. The molecule has 2 aromatic rings. The summed E-state index contributed by atoms with van der Waals surface area (Å²) in [5.74, 6) is -1.49. The van der Waals surface area contributed by atoms with Crippen LogP contribution in [0.1, 0.15) is 50.3 Å². The van der Waals surface area contributed by atoms with Gasteiger partial charge in [0.25, 0.3) is 5.91 Å². The molecular weight excluding hydrogens is 456 g/mol. The SMILES string of the molecule is CCCCC1(c2ccc(F)cc2)NC(=O)N(CC(=O)NC(C)c2ccc(Cl)cc2Cl)C1=O. The number of nitrogens with one attached hydrogen (secondary N) is 2. The number of benzene rings is 2. The molecule has 2 N–H and O–H groups in total. The highest BCUT2D eigenvalue weighted by molar-refractivity contribution is 6.35. The topological polar surface area (TPSA) is 78.5 Å². The van der Waals surface area contributed by atoms with E-state index in [1.165, 1.54) is 24.3 Å². The van der Waals surface area contributed by atoms with Crippen LogP contribution in [0.15, 0.2) is 42.5 Å². The molecule has 0 saturated carbocycles. The second-order valence-electron chi connectivity index (χ2n) is 7.79. The molecule has 0 aromatic heterocycles. The zero-order valence-corrected chi connectivity index (χ0v) is 19.3. The summed E-state index contributed by atoms with van der Waals surface area (Å²) < 4.78 is 13.4. The quantitative estimate of drug-likeness (QED) is 0.525. The number of unbranched alkanes of at least 4 members (excludes halogenated alkanes) is 1. The maximum atomic E-state index is 13.4. The van der Waals surface area contributed by atoms with E-state index in [1.807, 2.05) is 6.92 Å². The second kappa shape index (κ2) is 9.88. The molecule has 1 aliphatic rings. The highest BCUT2D eigenvalue weighted by Crippen LogP contribution is 2.34. The van der Waals surface area contributed by atoms with Crippen molar-refractivity contribution < 1.29 is 18.8 Å². The van der Waals surface area contributed by atoms with E-state index in [4.69, 9.17) is 23.2 Å². The van der Waals surface area contributed by atoms with E-state index in [0.29, 0.717) is 34.0 Å². The molecule has 9 heteroatoms. The van der Waals surface area contributed by atoms with Crippen molar-refractivity contribution in [3.05, 3.63) is 69.5 Å². The Kier molecular flexibility index (Phi) is 7.41. The van der Waals surface area contributed by atoms with Gasteiger partial charge in [-0.2, -0.15) is 0 Å². The third-order valence-electron chi connectivity index (χ3n) is 5.53. The molecular formula is C23H24Cl2FN3O3. The predicted octanol–water partition coefficient (Wildman–Crippen LogP) is 4.95. The lowest BCUT2D eigenvalue weighted by Gasteiger charge is -2.27. The molecule has 1 fully saturated rings. The number of hydrogen-bond donors (Lipinski definition) is 2. The van der Waals surface area contributed by atoms with Crippen LogP contribution in [0.4, 0.5) is 9.18 Å². The minimum Gasteiger partial charge on any atom is -0.348 e. The average molecular weight is 480 g/mol. The summed E-state index contributed by atoms with van der Waals surface area (Å²) in [5, 5.41) is 6.37. The van der Waals surface area contributed by atoms with Crippen molar-refractivity contribution in [3.8, 4) is 0 Å². The molecule has 3 rings (SSSR count). The lowest BCUT2D eigenvalue weighted by molar-refractivity contribution is -0.135. The molecule has 2 atom stereocenters. The Hall–Kier alpha value is -2.64. The van der Waals surface area contributed by atoms with Crippen molar-refractivity contribution >= 4 is 41.0 Å². The smallest absolute Gasteiger partial charge is 0.325 e. The highest BCUT2D eigenvalue weighted by Gasteiger charge is 2.52. The van der Waals surface area contributed by atoms with E-state index in [9.17, 15) is 18.8 Å². The molecule has 1 aliphatic heterocycles. The molecule has 0 aliphatic carbocycles. The van der Waals surface area contributed by atoms with E-state index in [0.717, 1.165) is 11.3 Å². The van der Waals surface area contributed by atoms with E-state index >= 15 is 0 Å². The van der Waals surface area contributed by atoms with Crippen LogP contribution in [-0.4, -0.2) is 29.3 Å². The Morgan fingerprint density at radius 3 is 2.50 bits per heavy atom. The fraction of sp³-hybridized carbons (Fsp3) is 0.348. The van der Waals surface area contributed by atoms with Crippen LogP contribution in [0.25, 0.3) is 0 Å². The normalized spacial score (nSPS) is 19.1. The van der Waals surface area contributed by atoms with Crippen molar-refractivity contribution in [3.63, 3.8) is 0 Å². The molecule has 1 heterocycles. The number of rotatable bonds is 8. The number of hydrogen-bond acceptors (Lipinski definition) is 3. The summed E-state index contributed by atoms with van der Waals surface area (Å²) in [5.41, 5.74) is -0.188. The van der Waals surface area contributed by atoms with Crippen LogP contribution >= 0.6 is 23.2 Å². The monoisotopic (exact) mass is 479 g/mol. The second-order valence-corrected chi connectivity index (χ2v) is 8.64. The van der Waals surface area contributed by atoms with Crippen LogP contribution in [0.3, 0.4) is 0 Å². The maximum absolute atomic E-state index is 13.4. The zero-order chi connectivity index (χ0) is 23.5. The Bertz CT molecular complexity index is 1030. The standard InChI is InChI=1S/C23H24Cl2FN3O3/c1-3-4-11-23(15-5-8-17(26)9-6-15)21(31)29(22(32)28-23)13-20(30)27-14(2)18-10-7-16(24)12-19(18)25/h5-10,12,14H,3-4,11,13H2,1-2H3,(H,27,30)(H,28,32). The lowest BCUT2D eigenvalue weighted by atomic mass is 9.85. The maximum Gasteiger partial charge on any atom is 0.325 e. The van der Waals surface area contributed by atoms with Gasteiger partial charge in [-0.3, -0.25) is 14.5 Å². The Balaban J connectivity index is 1.77. The van der Waals surface area contributed by atoms with Gasteiger partial charge < -0.3 is 10.6 Å². The van der Waals surface area contributed by atoms with Gasteiger partial charge in [0.15, 0.2) is 0 Å². The van der Waals surface area contributed by atoms with Gasteiger partial charge in [-0.15, -0.1) is 0 Å². The van der Waals surface area contributed by atoms with Crippen molar-refractivity contribution in [1.29, 1.82) is 0 Å². The first kappa shape index (κ1) is 24.0. The molecule has 2 aromatic carbocycles. The van der Waals surface area contributed by atoms with E-state index < -0.39 is 41.8 Å². The Labute approximate surface area is 196 Å². The highest BCUT2D eigenvalue weighted by atomic mass is 35.5. The van der Waals surface area contributed by atoms with Gasteiger partial charge >= 0.3 is 6.03 Å². The first-order valence-corrected chi connectivity index (χ1v) is 11.1. The molecule has 6 nitrogen and oxygen atoms in total. The number of carbonyl (C=O) groups is 3. The number of nitrogens with zero attached hydrogens (tertiary/aromatic N) is 1. The van der Waals surface area contributed by atoms with Crippen LogP contribution in [-0.2, 0) is 15.1 Å². The molecule has 0 bridgehead atoms. The van der Waals surface area contributed by atoms with Crippen molar-refractivity contribution in [1.82, 2.24) is 15.5 Å². The van der Waals surface area contributed by atoms with E-state index in [2.05, 4.69) is 10.6 Å². The number of halogens is 3. The fourth-order valence-corrected chi connectivity index (χ4v) is 4.39. The van der Waals surface area contributed by atoms with Gasteiger partial charge in [-0.05, 0) is 48.7 Å². The number of urea groups is 1. The van der Waals surface area contributed by atoms with Gasteiger partial charge in [0.1, 0.15) is 17.9 Å². The summed E-state index contributed by atoms with van der Waals surface area (Å²) in [6.07, 6.45) is 1.80. The predicted molar refractivity (Wildman–Crippen MR) is 121 cm³/mol. The largest absolute Gasteiger partial charge is 0.348 e. The minimum absolute atomic E-state index is 0.342. The molecule has 32 heavy (non-hydrogen) atoms. The summed E-state index contributed by atoms with van der Waals surface area (Å²) in [7, 11) is 0. The Morgan fingerprint density at radius 2 is 1.88 bits per heavy atom. The number of carbonyl (C=O) groups excluding carboxylic acids is 3. The molecule has 0 spiro atoms. The van der Waals surface area contributed by atoms with E-state index in [1.54, 1.807) is 25.1 Å². The molecule has 4 amide bonds. The summed E-state index contributed by atoms with van der Waals surface area (Å²) in [6, 6.07) is 9.27. The lowest BCUT2D eigenvalue weighted by Crippen LogP contribution is -2.45. The zero-order valence-electron chi connectivity index (χ0n) is 17.8. The number of imide groups is 1. The van der Waals surface area contributed by atoms with Crippen molar-refractivity contribution in [2.24, 2.45) is 0 Å². The number of amides is 4. The summed E-state index contributed by atoms with van der Waals surface area (Å²) in [6.45, 7) is 3.26. The van der Waals surface area contributed by atoms with Crippen molar-refractivity contribution in [2.75, 3.05) is 6.54 Å². The minimum atomic E-state index is -1.33. The van der Waals surface area contributed by atoms with Gasteiger partial charge in [-0.1, -0.05) is 61.2 Å². The van der Waals surface area contributed by atoms with Gasteiger partial charge in [-0.25, -0.2) is 9.18 Å². The summed E-state index contributed by atoms with van der Waals surface area (Å²) >= 11 is 12.1. The van der Waals surface area contributed by atoms with E-state index in [-0.39, 0.29) is 0 Å². The average Bonchev–Trinajstić information content (AvgIpc) is 2.97. The van der Waals surface area contributed by atoms with Crippen LogP contribution in [0.5, 0.6) is 0 Å². The molecule has 2 unspecified atom stereocenters. The van der Waals surface area contributed by atoms with Crippen LogP contribution in [0.2, 0.25) is 10.0 Å². The van der Waals surface area contributed by atoms with Gasteiger partial charge in [0.2, 0.25) is 5.91 Å². The van der Waals surface area contributed by atoms with Gasteiger partial charge in [0, 0.05) is 10.0 Å². The van der Waals surface area contributed by atoms with Crippen molar-refractivity contribution in [2.45, 2.75) is 44.7 Å². The Morgan fingerprint density at radius 1 is 1.19 bits per heavy atom. The molecule has 1 saturated heterocycles. The first-order chi connectivity index (χ1) is 15.2. The molecule has 170 valence electrons. The van der Waals surface area contributed by atoms with Crippen LogP contribution < -0.4 is 10.6 Å². The van der Waals surface area contributed by atoms with Crippen LogP contribution in [0, 0.1) is 5.82 Å². The molecule has 0 radical (unpaired) electrons. The summed E-state index contributed by atoms with van der Waals surface area (Å²) in [4.78, 5) is 39.6. The van der Waals surface area contributed by atoms with Gasteiger partial charge in [0.05, 0.1) is 6.04 Å². The third-order valence-corrected chi connectivity index (χ3v) is 6.09. The fourth-order valence-electron chi connectivity index (χ4n) is 3.82. The third kappa shape index (κ3) is 4.89.